The van der Waals surface area contributed by atoms with Crippen LogP contribution in [0.5, 0.6) is 0 Å². The number of thiocarbonyl (C=S) groups is 1. The molecule has 0 atom stereocenters. The van der Waals surface area contributed by atoms with E-state index in [0.29, 0.717) is 11.2 Å². The summed E-state index contributed by atoms with van der Waals surface area (Å²) >= 11 is 5.21. The standard InChI is InChI=1S/C14H15N2S.K/c1-10(2)15-14(17)16-13-8-7-11-5-3-4-6-12(11)9-13;/h4-10H,1-2H3,(H2,15,16,17);/q-1;+1. The minimum atomic E-state index is 0. The Morgan fingerprint density at radius 3 is 2.72 bits per heavy atom. The van der Waals surface area contributed by atoms with Gasteiger partial charge in [-0.2, -0.15) is 24.3 Å². The zero-order valence-electron chi connectivity index (χ0n) is 10.9. The summed E-state index contributed by atoms with van der Waals surface area (Å²) in [5.74, 6) is 0. The van der Waals surface area contributed by atoms with E-state index in [0.717, 1.165) is 5.69 Å². The Kier molecular flexibility index (Phi) is 6.77. The molecule has 0 aromatic heterocycles. The van der Waals surface area contributed by atoms with Crippen molar-refractivity contribution in [1.29, 1.82) is 0 Å². The summed E-state index contributed by atoms with van der Waals surface area (Å²) < 4.78 is 0. The number of fused-ring (bicyclic) bond motifs is 1. The second-order valence-corrected chi connectivity index (χ2v) is 4.65. The van der Waals surface area contributed by atoms with Gasteiger partial charge in [0.25, 0.3) is 0 Å². The third kappa shape index (κ3) is 4.61. The Morgan fingerprint density at radius 1 is 1.22 bits per heavy atom. The van der Waals surface area contributed by atoms with Crippen molar-refractivity contribution in [3.63, 3.8) is 0 Å². The summed E-state index contributed by atoms with van der Waals surface area (Å²) in [6, 6.07) is 15.5. The van der Waals surface area contributed by atoms with Crippen LogP contribution in [0.15, 0.2) is 36.4 Å². The van der Waals surface area contributed by atoms with Crippen LogP contribution in [0, 0.1) is 6.07 Å². The summed E-state index contributed by atoms with van der Waals surface area (Å²) in [6.07, 6.45) is 0. The van der Waals surface area contributed by atoms with Gasteiger partial charge in [0.05, 0.1) is 0 Å². The number of nitrogens with one attached hydrogen (secondary N) is 2. The molecule has 4 heteroatoms. The van der Waals surface area contributed by atoms with Crippen molar-refractivity contribution in [1.82, 2.24) is 5.32 Å². The van der Waals surface area contributed by atoms with Gasteiger partial charge >= 0.3 is 51.4 Å². The molecular formula is C14H15KN2S. The molecule has 0 aliphatic carbocycles. The summed E-state index contributed by atoms with van der Waals surface area (Å²) in [7, 11) is 0. The Labute approximate surface area is 156 Å². The molecule has 0 unspecified atom stereocenters. The van der Waals surface area contributed by atoms with E-state index in [4.69, 9.17) is 12.2 Å². The van der Waals surface area contributed by atoms with Gasteiger partial charge in [0, 0.05) is 11.7 Å². The first-order valence-corrected chi connectivity index (χ1v) is 6.03. The van der Waals surface area contributed by atoms with Gasteiger partial charge in [0.2, 0.25) is 0 Å². The average Bonchev–Trinajstić information content (AvgIpc) is 2.27. The van der Waals surface area contributed by atoms with Gasteiger partial charge in [-0.1, -0.05) is 12.1 Å². The van der Waals surface area contributed by atoms with Gasteiger partial charge in [-0.15, -0.1) is 16.8 Å². The largest absolute Gasteiger partial charge is 1.00 e. The Balaban J connectivity index is 0.00000162. The molecule has 2 aromatic carbocycles. The fourth-order valence-corrected chi connectivity index (χ4v) is 1.99. The molecule has 2 N–H and O–H groups in total. The van der Waals surface area contributed by atoms with Crippen molar-refractivity contribution in [2.45, 2.75) is 19.9 Å². The molecule has 2 nitrogen and oxygen atoms in total. The van der Waals surface area contributed by atoms with E-state index in [1.807, 2.05) is 24.3 Å². The van der Waals surface area contributed by atoms with Gasteiger partial charge in [-0.25, -0.2) is 0 Å². The van der Waals surface area contributed by atoms with E-state index >= 15 is 0 Å². The maximum atomic E-state index is 5.21. The maximum Gasteiger partial charge on any atom is 1.00 e. The number of rotatable bonds is 2. The molecule has 0 amide bonds. The maximum absolute atomic E-state index is 5.21. The van der Waals surface area contributed by atoms with Crippen molar-refractivity contribution in [2.24, 2.45) is 0 Å². The Bertz CT molecular complexity index is 540. The molecule has 88 valence electrons. The second-order valence-electron chi connectivity index (χ2n) is 4.24. The van der Waals surface area contributed by atoms with Crippen molar-refractivity contribution < 1.29 is 51.4 Å². The molecular weight excluding hydrogens is 267 g/mol. The van der Waals surface area contributed by atoms with E-state index in [1.54, 1.807) is 0 Å². The van der Waals surface area contributed by atoms with Crippen LogP contribution in [0.4, 0.5) is 5.69 Å². The zero-order chi connectivity index (χ0) is 12.3. The first-order valence-electron chi connectivity index (χ1n) is 5.62. The topological polar surface area (TPSA) is 24.1 Å². The second kappa shape index (κ2) is 7.58. The normalized spacial score (nSPS) is 9.94. The predicted molar refractivity (Wildman–Crippen MR) is 77.3 cm³/mol. The fraction of sp³-hybridized carbons (Fsp3) is 0.214. The van der Waals surface area contributed by atoms with Crippen LogP contribution in [0.1, 0.15) is 13.8 Å². The van der Waals surface area contributed by atoms with Crippen LogP contribution in [0.25, 0.3) is 10.8 Å². The zero-order valence-corrected chi connectivity index (χ0v) is 14.9. The van der Waals surface area contributed by atoms with Crippen LogP contribution in [-0.2, 0) is 0 Å². The van der Waals surface area contributed by atoms with Crippen molar-refractivity contribution in [2.75, 3.05) is 5.32 Å². The minimum Gasteiger partial charge on any atom is -0.360 e. The average molecular weight is 282 g/mol. The molecule has 0 radical (unpaired) electrons. The summed E-state index contributed by atoms with van der Waals surface area (Å²) in [4.78, 5) is 0. The quantitative estimate of drug-likeness (QED) is 0.472. The van der Waals surface area contributed by atoms with Crippen LogP contribution in [-0.4, -0.2) is 11.2 Å². The summed E-state index contributed by atoms with van der Waals surface area (Å²) in [5.41, 5.74) is 1.00. The number of hydrogen-bond donors (Lipinski definition) is 2. The summed E-state index contributed by atoms with van der Waals surface area (Å²) in [5, 5.41) is 9.35. The third-order valence-electron chi connectivity index (χ3n) is 2.36. The van der Waals surface area contributed by atoms with Gasteiger partial charge in [-0.05, 0) is 26.1 Å². The first-order chi connectivity index (χ1) is 8.15. The van der Waals surface area contributed by atoms with Crippen molar-refractivity contribution in [3.8, 4) is 0 Å². The molecule has 0 heterocycles. The van der Waals surface area contributed by atoms with E-state index in [9.17, 15) is 0 Å². The SMILES string of the molecule is CC(C)NC(=S)Nc1ccc2c[c-]ccc2c1.[K+]. The molecule has 0 spiro atoms. The minimum absolute atomic E-state index is 0. The van der Waals surface area contributed by atoms with E-state index in [2.05, 4.69) is 42.7 Å². The Hall–Kier alpha value is 0.0264. The molecule has 0 aliphatic heterocycles. The van der Waals surface area contributed by atoms with Crippen LogP contribution in [0.3, 0.4) is 0 Å². The van der Waals surface area contributed by atoms with Gasteiger partial charge in [0.15, 0.2) is 5.11 Å². The van der Waals surface area contributed by atoms with E-state index in [-0.39, 0.29) is 51.4 Å². The van der Waals surface area contributed by atoms with Gasteiger partial charge < -0.3 is 10.6 Å². The van der Waals surface area contributed by atoms with Crippen LogP contribution in [0.2, 0.25) is 0 Å². The molecule has 0 aliphatic rings. The van der Waals surface area contributed by atoms with Crippen molar-refractivity contribution in [3.05, 3.63) is 42.5 Å². The monoisotopic (exact) mass is 282 g/mol. The van der Waals surface area contributed by atoms with E-state index < -0.39 is 0 Å². The molecule has 18 heavy (non-hydrogen) atoms. The van der Waals surface area contributed by atoms with Crippen molar-refractivity contribution >= 4 is 33.8 Å². The Morgan fingerprint density at radius 2 is 2.00 bits per heavy atom. The third-order valence-corrected chi connectivity index (χ3v) is 2.58. The molecule has 0 saturated carbocycles. The molecule has 0 saturated heterocycles. The molecule has 0 bridgehead atoms. The van der Waals surface area contributed by atoms with Gasteiger partial charge in [-0.3, -0.25) is 0 Å². The molecule has 2 rings (SSSR count). The molecule has 2 aromatic rings. The van der Waals surface area contributed by atoms with Gasteiger partial charge in [0.1, 0.15) is 0 Å². The first kappa shape index (κ1) is 16.1. The van der Waals surface area contributed by atoms with E-state index in [1.165, 1.54) is 10.8 Å². The molecule has 0 fully saturated rings. The van der Waals surface area contributed by atoms with Crippen LogP contribution < -0.4 is 62.0 Å². The predicted octanol–water partition coefficient (Wildman–Crippen LogP) is 0.339. The summed E-state index contributed by atoms with van der Waals surface area (Å²) in [6.45, 7) is 4.12. The number of anilines is 1. The van der Waals surface area contributed by atoms with Crippen LogP contribution >= 0.6 is 12.2 Å². The smallest absolute Gasteiger partial charge is 0.360 e. The number of benzene rings is 2. The fourth-order valence-electron chi connectivity index (χ4n) is 1.63. The number of hydrogen-bond acceptors (Lipinski definition) is 1.